The Balaban J connectivity index is 0.00000408. The quantitative estimate of drug-likeness (QED) is 0.442. The van der Waals surface area contributed by atoms with Gasteiger partial charge in [-0.3, -0.25) is 4.90 Å². The summed E-state index contributed by atoms with van der Waals surface area (Å²) in [6.45, 7) is 18.5. The maximum absolute atomic E-state index is 10.7. The number of nitrogens with zero attached hydrogens (tertiary/aromatic N) is 2. The molecule has 1 atom stereocenters. The summed E-state index contributed by atoms with van der Waals surface area (Å²) in [5, 5.41) is 10.7. The highest BCUT2D eigenvalue weighted by Crippen LogP contribution is 2.38. The van der Waals surface area contributed by atoms with E-state index in [1.54, 1.807) is 0 Å². The molecule has 2 aromatic carbocycles. The van der Waals surface area contributed by atoms with Gasteiger partial charge in [-0.1, -0.05) is 71.9 Å². The van der Waals surface area contributed by atoms with Gasteiger partial charge in [0, 0.05) is 44.0 Å². The van der Waals surface area contributed by atoms with Crippen LogP contribution in [0.2, 0.25) is 0 Å². The van der Waals surface area contributed by atoms with Crippen molar-refractivity contribution in [2.24, 2.45) is 0 Å². The van der Waals surface area contributed by atoms with Crippen molar-refractivity contribution >= 4 is 18.1 Å². The highest BCUT2D eigenvalue weighted by molar-refractivity contribution is 5.85. The molecule has 0 aliphatic carbocycles. The Labute approximate surface area is 213 Å². The van der Waals surface area contributed by atoms with Gasteiger partial charge in [-0.2, -0.15) is 0 Å². The predicted molar refractivity (Wildman–Crippen MR) is 147 cm³/mol. The van der Waals surface area contributed by atoms with E-state index in [4.69, 9.17) is 4.74 Å². The molecule has 34 heavy (non-hydrogen) atoms. The maximum atomic E-state index is 10.7. The number of hydrogen-bond donors (Lipinski definition) is 1. The molecule has 3 rings (SSSR count). The second-order valence-corrected chi connectivity index (χ2v) is 10.8. The summed E-state index contributed by atoms with van der Waals surface area (Å²) in [5.74, 6) is 0.908. The summed E-state index contributed by atoms with van der Waals surface area (Å²) in [7, 11) is 0. The van der Waals surface area contributed by atoms with Crippen molar-refractivity contribution in [3.63, 3.8) is 0 Å². The lowest BCUT2D eigenvalue weighted by atomic mass is 9.76. The van der Waals surface area contributed by atoms with Crippen LogP contribution < -0.4 is 9.64 Å². The van der Waals surface area contributed by atoms with Crippen LogP contribution in [0, 0.1) is 0 Å². The average molecular weight is 489 g/mol. The van der Waals surface area contributed by atoms with Crippen molar-refractivity contribution in [3.8, 4) is 5.75 Å². The van der Waals surface area contributed by atoms with Gasteiger partial charge in [-0.25, -0.2) is 0 Å². The van der Waals surface area contributed by atoms with E-state index in [2.05, 4.69) is 99.9 Å². The molecule has 0 bridgehead atoms. The number of rotatable bonds is 10. The number of anilines is 1. The van der Waals surface area contributed by atoms with E-state index in [9.17, 15) is 5.11 Å². The minimum absolute atomic E-state index is 0. The Morgan fingerprint density at radius 2 is 1.50 bits per heavy atom. The Hall–Kier alpha value is -1.75. The molecular formula is C29H45ClN2O2. The first-order valence-corrected chi connectivity index (χ1v) is 12.6. The van der Waals surface area contributed by atoms with E-state index >= 15 is 0 Å². The van der Waals surface area contributed by atoms with Crippen molar-refractivity contribution in [1.82, 2.24) is 4.90 Å². The van der Waals surface area contributed by atoms with Gasteiger partial charge in [-0.05, 0) is 47.4 Å². The summed E-state index contributed by atoms with van der Waals surface area (Å²) in [4.78, 5) is 4.76. The molecule has 0 aromatic heterocycles. The molecule has 1 fully saturated rings. The monoisotopic (exact) mass is 488 g/mol. The normalized spacial score (nSPS) is 16.1. The Morgan fingerprint density at radius 1 is 0.882 bits per heavy atom. The standard InChI is InChI=1S/C29H44N2O2.ClH/c1-7-28(3,4)23-14-15-27(26(20-23)29(5,6)8-2)33-22-25(32)21-30-16-18-31(19-17-30)24-12-10-9-11-13-24;/h9-15,20,25,32H,7-8,16-19,21-22H2,1-6H3;1H. The third-order valence-electron chi connectivity index (χ3n) is 7.65. The predicted octanol–water partition coefficient (Wildman–Crippen LogP) is 6.05. The van der Waals surface area contributed by atoms with Crippen molar-refractivity contribution in [1.29, 1.82) is 0 Å². The third-order valence-corrected chi connectivity index (χ3v) is 7.65. The van der Waals surface area contributed by atoms with E-state index in [1.807, 2.05) is 0 Å². The van der Waals surface area contributed by atoms with Crippen LogP contribution in [0.4, 0.5) is 5.69 Å². The van der Waals surface area contributed by atoms with Crippen LogP contribution >= 0.6 is 12.4 Å². The van der Waals surface area contributed by atoms with Gasteiger partial charge in [0.15, 0.2) is 0 Å². The van der Waals surface area contributed by atoms with E-state index < -0.39 is 6.10 Å². The fourth-order valence-electron chi connectivity index (χ4n) is 4.36. The summed E-state index contributed by atoms with van der Waals surface area (Å²) >= 11 is 0. The highest BCUT2D eigenvalue weighted by atomic mass is 35.5. The largest absolute Gasteiger partial charge is 0.491 e. The molecule has 1 N–H and O–H groups in total. The molecule has 0 saturated carbocycles. The molecule has 190 valence electrons. The van der Waals surface area contributed by atoms with Crippen LogP contribution in [0.3, 0.4) is 0 Å². The van der Waals surface area contributed by atoms with Gasteiger partial charge in [-0.15, -0.1) is 12.4 Å². The molecule has 1 unspecified atom stereocenters. The Morgan fingerprint density at radius 3 is 2.09 bits per heavy atom. The van der Waals surface area contributed by atoms with Gasteiger partial charge in [0.05, 0.1) is 0 Å². The van der Waals surface area contributed by atoms with Crippen molar-refractivity contribution in [2.45, 2.75) is 71.3 Å². The number of aliphatic hydroxyl groups excluding tert-OH is 1. The third kappa shape index (κ3) is 7.13. The van der Waals surface area contributed by atoms with E-state index in [1.165, 1.54) is 16.8 Å². The average Bonchev–Trinajstić information content (AvgIpc) is 2.83. The molecule has 0 amide bonds. The van der Waals surface area contributed by atoms with Crippen molar-refractivity contribution in [3.05, 3.63) is 59.7 Å². The van der Waals surface area contributed by atoms with Crippen LogP contribution in [0.15, 0.2) is 48.5 Å². The van der Waals surface area contributed by atoms with Crippen molar-refractivity contribution < 1.29 is 9.84 Å². The summed E-state index contributed by atoms with van der Waals surface area (Å²) in [6, 6.07) is 17.2. The maximum Gasteiger partial charge on any atom is 0.123 e. The zero-order valence-corrected chi connectivity index (χ0v) is 22.8. The summed E-state index contributed by atoms with van der Waals surface area (Å²) in [5.41, 5.74) is 4.03. The zero-order chi connectivity index (χ0) is 24.1. The van der Waals surface area contributed by atoms with Gasteiger partial charge >= 0.3 is 0 Å². The van der Waals surface area contributed by atoms with Gasteiger partial charge in [0.2, 0.25) is 0 Å². The molecule has 5 heteroatoms. The number of aliphatic hydroxyl groups is 1. The van der Waals surface area contributed by atoms with Crippen LogP contribution in [0.5, 0.6) is 5.75 Å². The van der Waals surface area contributed by atoms with Gasteiger partial charge < -0.3 is 14.7 Å². The molecule has 0 spiro atoms. The zero-order valence-electron chi connectivity index (χ0n) is 22.0. The molecule has 1 aliphatic heterocycles. The number of β-amino-alcohol motifs (C(OH)–C–C–N with tert-alkyl or cyclic N) is 1. The first kappa shape index (κ1) is 28.5. The Bertz CT molecular complexity index is 877. The minimum Gasteiger partial charge on any atom is -0.491 e. The number of piperazine rings is 1. The minimum atomic E-state index is -0.502. The lowest BCUT2D eigenvalue weighted by molar-refractivity contribution is 0.0655. The van der Waals surface area contributed by atoms with Crippen molar-refractivity contribution in [2.75, 3.05) is 44.2 Å². The SMILES string of the molecule is CCC(C)(C)c1ccc(OCC(O)CN2CCN(c3ccccc3)CC2)c(C(C)(C)CC)c1.Cl. The molecule has 1 aliphatic rings. The second-order valence-electron chi connectivity index (χ2n) is 10.8. The number of halogens is 1. The van der Waals surface area contributed by atoms with E-state index in [0.29, 0.717) is 13.2 Å². The van der Waals surface area contributed by atoms with Crippen LogP contribution in [-0.4, -0.2) is 55.4 Å². The first-order valence-electron chi connectivity index (χ1n) is 12.6. The summed E-state index contributed by atoms with van der Waals surface area (Å²) < 4.78 is 6.23. The lowest BCUT2D eigenvalue weighted by Crippen LogP contribution is -2.49. The summed E-state index contributed by atoms with van der Waals surface area (Å²) in [6.07, 6.45) is 1.63. The van der Waals surface area contributed by atoms with Crippen LogP contribution in [-0.2, 0) is 10.8 Å². The van der Waals surface area contributed by atoms with Gasteiger partial charge in [0.1, 0.15) is 18.5 Å². The lowest BCUT2D eigenvalue weighted by Gasteiger charge is -2.37. The Kier molecular flexibility index (Phi) is 10.3. The topological polar surface area (TPSA) is 35.9 Å². The molecule has 2 aromatic rings. The smallest absolute Gasteiger partial charge is 0.123 e. The molecule has 1 saturated heterocycles. The second kappa shape index (κ2) is 12.3. The first-order chi connectivity index (χ1) is 15.7. The highest BCUT2D eigenvalue weighted by Gasteiger charge is 2.27. The molecular weight excluding hydrogens is 444 g/mol. The van der Waals surface area contributed by atoms with Gasteiger partial charge in [0.25, 0.3) is 0 Å². The number of hydrogen-bond acceptors (Lipinski definition) is 4. The molecule has 4 nitrogen and oxygen atoms in total. The van der Waals surface area contributed by atoms with Crippen LogP contribution in [0.25, 0.3) is 0 Å². The number of benzene rings is 2. The number of ether oxygens (including phenoxy) is 1. The molecule has 1 heterocycles. The molecule has 0 radical (unpaired) electrons. The van der Waals surface area contributed by atoms with Crippen LogP contribution in [0.1, 0.15) is 65.5 Å². The number of para-hydroxylation sites is 1. The van der Waals surface area contributed by atoms with E-state index in [0.717, 1.165) is 44.8 Å². The van der Waals surface area contributed by atoms with E-state index in [-0.39, 0.29) is 23.2 Å². The fourth-order valence-corrected chi connectivity index (χ4v) is 4.36. The fraction of sp³-hybridized carbons (Fsp3) is 0.586.